The smallest absolute Gasteiger partial charge is 0.144 e. The average Bonchev–Trinajstić information content (AvgIpc) is 2.52. The second-order valence-corrected chi connectivity index (χ2v) is 5.41. The molecular formula is C18H21N3. The van der Waals surface area contributed by atoms with E-state index in [1.165, 1.54) is 5.56 Å². The quantitative estimate of drug-likeness (QED) is 0.872. The van der Waals surface area contributed by atoms with Crippen molar-refractivity contribution in [1.82, 2.24) is 4.98 Å². The Morgan fingerprint density at radius 1 is 1.14 bits per heavy atom. The largest absolute Gasteiger partial charge is 0.369 e. The normalized spacial score (nSPS) is 10.4. The van der Waals surface area contributed by atoms with Crippen LogP contribution in [0.25, 0.3) is 11.3 Å². The maximum absolute atomic E-state index is 9.15. The number of anilines is 1. The van der Waals surface area contributed by atoms with Gasteiger partial charge in [-0.1, -0.05) is 45.0 Å². The molecule has 0 atom stereocenters. The Morgan fingerprint density at radius 3 is 2.43 bits per heavy atom. The highest BCUT2D eigenvalue weighted by molar-refractivity contribution is 5.65. The molecule has 21 heavy (non-hydrogen) atoms. The number of benzene rings is 1. The number of nitriles is 1. The summed E-state index contributed by atoms with van der Waals surface area (Å²) in [6, 6.07) is 14.4. The third kappa shape index (κ3) is 3.61. The van der Waals surface area contributed by atoms with Crippen LogP contribution in [-0.4, -0.2) is 11.5 Å². The first kappa shape index (κ1) is 15.1. The number of nitrogens with one attached hydrogen (secondary N) is 1. The molecule has 0 saturated heterocycles. The molecule has 0 spiro atoms. The number of nitrogens with zero attached hydrogens (tertiary/aromatic N) is 2. The van der Waals surface area contributed by atoms with Crippen LogP contribution in [0.4, 0.5) is 5.82 Å². The Labute approximate surface area is 126 Å². The van der Waals surface area contributed by atoms with Gasteiger partial charge in [-0.25, -0.2) is 4.98 Å². The summed E-state index contributed by atoms with van der Waals surface area (Å²) in [4.78, 5) is 4.59. The van der Waals surface area contributed by atoms with Crippen molar-refractivity contribution in [3.05, 3.63) is 47.5 Å². The van der Waals surface area contributed by atoms with Gasteiger partial charge in [0, 0.05) is 12.1 Å². The van der Waals surface area contributed by atoms with Gasteiger partial charge in [0.05, 0.1) is 11.3 Å². The summed E-state index contributed by atoms with van der Waals surface area (Å²) in [7, 11) is 0. The van der Waals surface area contributed by atoms with E-state index in [0.29, 0.717) is 17.3 Å². The lowest BCUT2D eigenvalue weighted by atomic mass is 10.0. The summed E-state index contributed by atoms with van der Waals surface area (Å²) in [5.41, 5.74) is 3.87. The van der Waals surface area contributed by atoms with Gasteiger partial charge in [0.25, 0.3) is 0 Å². The van der Waals surface area contributed by atoms with Crippen molar-refractivity contribution in [2.24, 2.45) is 0 Å². The van der Waals surface area contributed by atoms with Crippen molar-refractivity contribution >= 4 is 5.82 Å². The molecule has 1 heterocycles. The van der Waals surface area contributed by atoms with Crippen molar-refractivity contribution in [1.29, 1.82) is 5.26 Å². The van der Waals surface area contributed by atoms with Crippen LogP contribution in [0.1, 0.15) is 44.2 Å². The summed E-state index contributed by atoms with van der Waals surface area (Å²) >= 11 is 0. The lowest BCUT2D eigenvalue weighted by molar-refractivity contribution is 0.867. The molecule has 0 amide bonds. The average molecular weight is 279 g/mol. The molecule has 0 bridgehead atoms. The molecule has 0 unspecified atom stereocenters. The molecule has 1 N–H and O–H groups in total. The Morgan fingerprint density at radius 2 is 1.86 bits per heavy atom. The summed E-state index contributed by atoms with van der Waals surface area (Å²) in [5.74, 6) is 1.19. The molecule has 2 rings (SSSR count). The number of hydrogen-bond donors (Lipinski definition) is 1. The van der Waals surface area contributed by atoms with E-state index in [1.54, 1.807) is 0 Å². The predicted octanol–water partition coefficient (Wildman–Crippen LogP) is 4.57. The van der Waals surface area contributed by atoms with E-state index >= 15 is 0 Å². The fraction of sp³-hybridized carbons (Fsp3) is 0.333. The zero-order valence-corrected chi connectivity index (χ0v) is 12.9. The molecule has 0 aliphatic rings. The molecule has 0 radical (unpaired) electrons. The fourth-order valence-electron chi connectivity index (χ4n) is 2.13. The van der Waals surface area contributed by atoms with Crippen LogP contribution in [0.3, 0.4) is 0 Å². The van der Waals surface area contributed by atoms with Crippen LogP contribution in [0, 0.1) is 11.3 Å². The topological polar surface area (TPSA) is 48.7 Å². The predicted molar refractivity (Wildman–Crippen MR) is 87.3 cm³/mol. The highest BCUT2D eigenvalue weighted by Crippen LogP contribution is 2.24. The minimum absolute atomic E-state index is 0.523. The van der Waals surface area contributed by atoms with E-state index in [-0.39, 0.29) is 0 Å². The van der Waals surface area contributed by atoms with Crippen LogP contribution in [0.2, 0.25) is 0 Å². The Bertz CT molecular complexity index is 637. The van der Waals surface area contributed by atoms with Crippen molar-refractivity contribution in [2.45, 2.75) is 33.1 Å². The van der Waals surface area contributed by atoms with E-state index in [2.05, 4.69) is 61.4 Å². The Kier molecular flexibility index (Phi) is 4.94. The van der Waals surface area contributed by atoms with Crippen molar-refractivity contribution in [2.75, 3.05) is 11.9 Å². The highest BCUT2D eigenvalue weighted by atomic mass is 15.0. The lowest BCUT2D eigenvalue weighted by Crippen LogP contribution is -2.04. The monoisotopic (exact) mass is 279 g/mol. The van der Waals surface area contributed by atoms with E-state index in [9.17, 15) is 0 Å². The SMILES string of the molecule is CCCNc1nc(-c2ccc(C(C)C)cc2)ccc1C#N. The summed E-state index contributed by atoms with van der Waals surface area (Å²) in [6.45, 7) is 7.27. The van der Waals surface area contributed by atoms with Crippen LogP contribution in [0.5, 0.6) is 0 Å². The molecular weight excluding hydrogens is 258 g/mol. The molecule has 0 aliphatic heterocycles. The van der Waals surface area contributed by atoms with Gasteiger partial charge in [-0.3, -0.25) is 0 Å². The van der Waals surface area contributed by atoms with Gasteiger partial charge < -0.3 is 5.32 Å². The summed E-state index contributed by atoms with van der Waals surface area (Å²) in [6.07, 6.45) is 1.000. The van der Waals surface area contributed by atoms with Gasteiger partial charge in [-0.15, -0.1) is 0 Å². The highest BCUT2D eigenvalue weighted by Gasteiger charge is 2.07. The Hall–Kier alpha value is -2.34. The van der Waals surface area contributed by atoms with Gasteiger partial charge >= 0.3 is 0 Å². The zero-order valence-electron chi connectivity index (χ0n) is 12.9. The molecule has 0 aliphatic carbocycles. The number of pyridine rings is 1. The minimum atomic E-state index is 0.523. The van der Waals surface area contributed by atoms with Crippen LogP contribution in [-0.2, 0) is 0 Å². The maximum Gasteiger partial charge on any atom is 0.144 e. The van der Waals surface area contributed by atoms with Gasteiger partial charge in [0.1, 0.15) is 11.9 Å². The second kappa shape index (κ2) is 6.90. The van der Waals surface area contributed by atoms with Crippen molar-refractivity contribution in [3.8, 4) is 17.3 Å². The van der Waals surface area contributed by atoms with E-state index in [0.717, 1.165) is 24.2 Å². The van der Waals surface area contributed by atoms with E-state index in [4.69, 9.17) is 5.26 Å². The molecule has 1 aromatic carbocycles. The first-order valence-corrected chi connectivity index (χ1v) is 7.41. The molecule has 108 valence electrons. The molecule has 3 nitrogen and oxygen atoms in total. The summed E-state index contributed by atoms with van der Waals surface area (Å²) in [5, 5.41) is 12.4. The Balaban J connectivity index is 2.33. The number of aromatic nitrogens is 1. The maximum atomic E-state index is 9.15. The van der Waals surface area contributed by atoms with Gasteiger partial charge in [0.15, 0.2) is 0 Å². The molecule has 1 aromatic heterocycles. The van der Waals surface area contributed by atoms with E-state index < -0.39 is 0 Å². The molecule has 0 saturated carbocycles. The van der Waals surface area contributed by atoms with Crippen molar-refractivity contribution in [3.63, 3.8) is 0 Å². The van der Waals surface area contributed by atoms with Crippen LogP contribution in [0.15, 0.2) is 36.4 Å². The molecule has 3 heteroatoms. The molecule has 0 fully saturated rings. The van der Waals surface area contributed by atoms with Gasteiger partial charge in [0.2, 0.25) is 0 Å². The van der Waals surface area contributed by atoms with E-state index in [1.807, 2.05) is 12.1 Å². The lowest BCUT2D eigenvalue weighted by Gasteiger charge is -2.10. The van der Waals surface area contributed by atoms with Gasteiger partial charge in [-0.05, 0) is 30.0 Å². The van der Waals surface area contributed by atoms with Crippen molar-refractivity contribution < 1.29 is 0 Å². The van der Waals surface area contributed by atoms with Crippen LogP contribution < -0.4 is 5.32 Å². The standard InChI is InChI=1S/C18H21N3/c1-4-11-20-18-16(12-19)9-10-17(21-18)15-7-5-14(6-8-15)13(2)3/h5-10,13H,4,11H2,1-3H3,(H,20,21). The zero-order chi connectivity index (χ0) is 15.2. The van der Waals surface area contributed by atoms with Crippen LogP contribution >= 0.6 is 0 Å². The molecule has 2 aromatic rings. The fourth-order valence-corrected chi connectivity index (χ4v) is 2.13. The minimum Gasteiger partial charge on any atom is -0.369 e. The second-order valence-electron chi connectivity index (χ2n) is 5.41. The first-order chi connectivity index (χ1) is 10.2. The van der Waals surface area contributed by atoms with Gasteiger partial charge in [-0.2, -0.15) is 5.26 Å². The third-order valence-corrected chi connectivity index (χ3v) is 3.43. The first-order valence-electron chi connectivity index (χ1n) is 7.41. The third-order valence-electron chi connectivity index (χ3n) is 3.43. The summed E-state index contributed by atoms with van der Waals surface area (Å²) < 4.78 is 0. The number of hydrogen-bond acceptors (Lipinski definition) is 3. The number of rotatable bonds is 5.